The van der Waals surface area contributed by atoms with E-state index in [0.29, 0.717) is 33.1 Å². The number of carbonyl (C=O) groups excluding carboxylic acids is 1. The van der Waals surface area contributed by atoms with Crippen molar-refractivity contribution in [3.8, 4) is 5.69 Å². The maximum Gasteiger partial charge on any atom is 0.265 e. The molecule has 0 spiro atoms. The minimum Gasteiger partial charge on any atom is -0.322 e. The zero-order chi connectivity index (χ0) is 24.4. The van der Waals surface area contributed by atoms with Gasteiger partial charge in [-0.05, 0) is 91.8 Å². The van der Waals surface area contributed by atoms with Crippen LogP contribution in [0.1, 0.15) is 21.7 Å². The highest BCUT2D eigenvalue weighted by molar-refractivity contribution is 7.99. The smallest absolute Gasteiger partial charge is 0.265 e. The molecule has 8 heteroatoms. The number of nitrogens with zero attached hydrogens (tertiary/aromatic N) is 4. The molecule has 5 rings (SSSR count). The van der Waals surface area contributed by atoms with E-state index >= 15 is 0 Å². The first-order valence-electron chi connectivity index (χ1n) is 11.0. The topological polar surface area (TPSA) is 89.8 Å². The van der Waals surface area contributed by atoms with Crippen molar-refractivity contribution in [2.24, 2.45) is 0 Å². The number of aromatic nitrogens is 4. The van der Waals surface area contributed by atoms with Crippen LogP contribution in [-0.2, 0) is 0 Å². The molecule has 0 unspecified atom stereocenters. The van der Waals surface area contributed by atoms with Crippen molar-refractivity contribution in [2.75, 3.05) is 5.32 Å². The first-order valence-corrected chi connectivity index (χ1v) is 11.8. The monoisotopic (exact) mass is 479 g/mol. The molecule has 7 nitrogen and oxygen atoms in total. The van der Waals surface area contributed by atoms with Gasteiger partial charge in [-0.15, -0.1) is 0 Å². The second-order valence-electron chi connectivity index (χ2n) is 7.93. The Bertz CT molecular complexity index is 1600. The summed E-state index contributed by atoms with van der Waals surface area (Å²) in [5.41, 5.74) is 3.33. The van der Waals surface area contributed by atoms with E-state index in [0.717, 1.165) is 16.1 Å². The lowest BCUT2D eigenvalue weighted by Gasteiger charge is -2.12. The Labute approximate surface area is 205 Å². The van der Waals surface area contributed by atoms with Crippen LogP contribution in [0.25, 0.3) is 16.6 Å². The van der Waals surface area contributed by atoms with Crippen molar-refractivity contribution in [1.29, 1.82) is 0 Å². The average molecular weight is 480 g/mol. The third-order valence-electron chi connectivity index (χ3n) is 5.53. The highest BCUT2D eigenvalue weighted by atomic mass is 32.2. The molecule has 1 amide bonds. The fraction of sp³-hybridized carbons (Fsp3) is 0.0741. The van der Waals surface area contributed by atoms with Crippen molar-refractivity contribution >= 4 is 34.3 Å². The van der Waals surface area contributed by atoms with E-state index in [9.17, 15) is 9.59 Å². The van der Waals surface area contributed by atoms with E-state index in [1.165, 1.54) is 11.8 Å². The molecule has 0 aliphatic carbocycles. The van der Waals surface area contributed by atoms with Crippen LogP contribution in [0.5, 0.6) is 0 Å². The minimum atomic E-state index is -0.229. The summed E-state index contributed by atoms with van der Waals surface area (Å²) in [7, 11) is 0. The van der Waals surface area contributed by atoms with Gasteiger partial charge in [-0.25, -0.2) is 15.0 Å². The molecule has 0 saturated heterocycles. The van der Waals surface area contributed by atoms with Crippen LogP contribution in [0.15, 0.2) is 100 Å². The summed E-state index contributed by atoms with van der Waals surface area (Å²) in [5.74, 6) is 0.354. The Kier molecular flexibility index (Phi) is 6.12. The molecule has 1 N–H and O–H groups in total. The fourth-order valence-corrected chi connectivity index (χ4v) is 4.60. The quantitative estimate of drug-likeness (QED) is 0.349. The summed E-state index contributed by atoms with van der Waals surface area (Å²) in [6.07, 6.45) is 3.41. The number of benzene rings is 3. The van der Waals surface area contributed by atoms with Gasteiger partial charge in [0, 0.05) is 28.5 Å². The third kappa shape index (κ3) is 4.69. The first-order chi connectivity index (χ1) is 17.0. The van der Waals surface area contributed by atoms with Gasteiger partial charge in [0.15, 0.2) is 5.16 Å². The molecule has 0 bridgehead atoms. The van der Waals surface area contributed by atoms with Gasteiger partial charge in [0.05, 0.1) is 16.6 Å². The normalized spacial score (nSPS) is 10.9. The predicted molar refractivity (Wildman–Crippen MR) is 137 cm³/mol. The van der Waals surface area contributed by atoms with Gasteiger partial charge in [-0.2, -0.15) is 0 Å². The Balaban J connectivity index is 1.35. The molecule has 172 valence electrons. The lowest BCUT2D eigenvalue weighted by Crippen LogP contribution is -2.22. The molecule has 0 atom stereocenters. The average Bonchev–Trinajstić information content (AvgIpc) is 2.87. The number of fused-ring (bicyclic) bond motifs is 1. The lowest BCUT2D eigenvalue weighted by molar-refractivity contribution is 0.102. The van der Waals surface area contributed by atoms with Crippen LogP contribution in [0.2, 0.25) is 0 Å². The Morgan fingerprint density at radius 1 is 0.914 bits per heavy atom. The van der Waals surface area contributed by atoms with Gasteiger partial charge in [0.2, 0.25) is 0 Å². The summed E-state index contributed by atoms with van der Waals surface area (Å²) in [4.78, 5) is 39.9. The van der Waals surface area contributed by atoms with E-state index in [1.54, 1.807) is 60.3 Å². The number of anilines is 1. The number of nitrogens with one attached hydrogen (secondary N) is 1. The van der Waals surface area contributed by atoms with Gasteiger partial charge in [0.25, 0.3) is 11.5 Å². The molecule has 5 aromatic rings. The molecule has 2 heterocycles. The summed E-state index contributed by atoms with van der Waals surface area (Å²) in [5, 5.41) is 4.18. The SMILES string of the molecule is Cc1cc(Sc2ncccn2)ccc1NC(=O)c1ccc(-n2c(C)nc3ccccc3c2=O)cc1. The van der Waals surface area contributed by atoms with Gasteiger partial charge in [-0.3, -0.25) is 14.2 Å². The van der Waals surface area contributed by atoms with Crippen LogP contribution < -0.4 is 10.9 Å². The second-order valence-corrected chi connectivity index (χ2v) is 8.97. The Morgan fingerprint density at radius 3 is 2.40 bits per heavy atom. The summed E-state index contributed by atoms with van der Waals surface area (Å²) < 4.78 is 1.56. The number of rotatable bonds is 5. The summed E-state index contributed by atoms with van der Waals surface area (Å²) in [6.45, 7) is 3.74. The molecule has 3 aromatic carbocycles. The Hall–Kier alpha value is -4.30. The van der Waals surface area contributed by atoms with Crippen LogP contribution in [0, 0.1) is 13.8 Å². The molecular formula is C27H21N5O2S. The lowest BCUT2D eigenvalue weighted by atomic mass is 10.1. The molecule has 0 fully saturated rings. The first kappa shape index (κ1) is 22.5. The number of hydrogen-bond donors (Lipinski definition) is 1. The second kappa shape index (κ2) is 9.52. The van der Waals surface area contributed by atoms with Crippen molar-refractivity contribution < 1.29 is 4.79 Å². The zero-order valence-corrected chi connectivity index (χ0v) is 19.9. The van der Waals surface area contributed by atoms with E-state index in [4.69, 9.17) is 0 Å². The van der Waals surface area contributed by atoms with Crippen molar-refractivity contribution in [2.45, 2.75) is 23.9 Å². The maximum atomic E-state index is 13.0. The van der Waals surface area contributed by atoms with Gasteiger partial charge in [-0.1, -0.05) is 12.1 Å². The van der Waals surface area contributed by atoms with Crippen molar-refractivity contribution in [1.82, 2.24) is 19.5 Å². The van der Waals surface area contributed by atoms with Crippen LogP contribution in [0.4, 0.5) is 5.69 Å². The van der Waals surface area contributed by atoms with Gasteiger partial charge < -0.3 is 5.32 Å². The summed E-state index contributed by atoms with van der Waals surface area (Å²) >= 11 is 1.46. The number of carbonyl (C=O) groups is 1. The number of aryl methyl sites for hydroxylation is 2. The maximum absolute atomic E-state index is 13.0. The zero-order valence-electron chi connectivity index (χ0n) is 19.1. The highest BCUT2D eigenvalue weighted by Crippen LogP contribution is 2.28. The van der Waals surface area contributed by atoms with Crippen molar-refractivity contribution in [3.63, 3.8) is 0 Å². The van der Waals surface area contributed by atoms with Gasteiger partial charge in [0.1, 0.15) is 5.82 Å². The minimum absolute atomic E-state index is 0.139. The number of para-hydroxylation sites is 1. The molecule has 0 saturated carbocycles. The molecule has 0 aliphatic heterocycles. The Morgan fingerprint density at radius 2 is 1.66 bits per heavy atom. The summed E-state index contributed by atoms with van der Waals surface area (Å²) in [6, 6.07) is 21.8. The van der Waals surface area contributed by atoms with Crippen LogP contribution >= 0.6 is 11.8 Å². The van der Waals surface area contributed by atoms with Gasteiger partial charge >= 0.3 is 0 Å². The molecule has 35 heavy (non-hydrogen) atoms. The highest BCUT2D eigenvalue weighted by Gasteiger charge is 2.12. The molecule has 0 aliphatic rings. The molecular weight excluding hydrogens is 458 g/mol. The van der Waals surface area contributed by atoms with Crippen LogP contribution in [0.3, 0.4) is 0 Å². The fourth-order valence-electron chi connectivity index (χ4n) is 3.79. The van der Waals surface area contributed by atoms with E-state index in [2.05, 4.69) is 20.3 Å². The standard InChI is InChI=1S/C27H21N5O2S/c1-17-16-21(35-27-28-14-5-15-29-27)12-13-23(17)31-25(33)19-8-10-20(11-9-19)32-18(2)30-24-7-4-3-6-22(24)26(32)34/h3-16H,1-2H3,(H,31,33). The van der Waals surface area contributed by atoms with E-state index in [1.807, 2.05) is 43.3 Å². The van der Waals surface area contributed by atoms with Crippen LogP contribution in [-0.4, -0.2) is 25.4 Å². The third-order valence-corrected chi connectivity index (χ3v) is 6.41. The number of hydrogen-bond acceptors (Lipinski definition) is 6. The number of amides is 1. The van der Waals surface area contributed by atoms with E-state index in [-0.39, 0.29) is 11.5 Å². The van der Waals surface area contributed by atoms with E-state index < -0.39 is 0 Å². The predicted octanol–water partition coefficient (Wildman–Crippen LogP) is 5.20. The van der Waals surface area contributed by atoms with Crippen molar-refractivity contribution in [3.05, 3.63) is 112 Å². The largest absolute Gasteiger partial charge is 0.322 e. The molecule has 0 radical (unpaired) electrons. The molecule has 2 aromatic heterocycles.